The van der Waals surface area contributed by atoms with E-state index in [4.69, 9.17) is 4.74 Å². The highest BCUT2D eigenvalue weighted by molar-refractivity contribution is 5.91. The van der Waals surface area contributed by atoms with Gasteiger partial charge in [-0.3, -0.25) is 5.10 Å². The van der Waals surface area contributed by atoms with Gasteiger partial charge < -0.3 is 9.64 Å². The lowest BCUT2D eigenvalue weighted by Gasteiger charge is -2.15. The van der Waals surface area contributed by atoms with Gasteiger partial charge in [-0.15, -0.1) is 0 Å². The molecule has 3 aromatic carbocycles. The first-order chi connectivity index (χ1) is 12.9. The van der Waals surface area contributed by atoms with Crippen molar-refractivity contribution in [3.8, 4) is 5.75 Å². The van der Waals surface area contributed by atoms with Crippen LogP contribution in [0.25, 0.3) is 10.9 Å². The molecule has 4 heteroatoms. The molecule has 4 aromatic rings. The zero-order valence-electron chi connectivity index (χ0n) is 14.4. The number of anilines is 1. The summed E-state index contributed by atoms with van der Waals surface area (Å²) in [6, 6.07) is 24.9. The lowest BCUT2D eigenvalue weighted by atomic mass is 10.1. The molecule has 0 saturated heterocycles. The number of ether oxygens (including phenoxy) is 1. The van der Waals surface area contributed by atoms with Crippen LogP contribution < -0.4 is 9.64 Å². The van der Waals surface area contributed by atoms with Crippen molar-refractivity contribution in [3.05, 3.63) is 89.5 Å². The molecule has 1 aliphatic heterocycles. The van der Waals surface area contributed by atoms with Crippen LogP contribution in [0.5, 0.6) is 5.75 Å². The highest BCUT2D eigenvalue weighted by atomic mass is 16.5. The van der Waals surface area contributed by atoms with Crippen molar-refractivity contribution in [1.29, 1.82) is 0 Å². The lowest BCUT2D eigenvalue weighted by Crippen LogP contribution is -2.15. The smallest absolute Gasteiger partial charge is 0.159 e. The number of hydrogen-bond acceptors (Lipinski definition) is 3. The molecule has 0 radical (unpaired) electrons. The van der Waals surface area contributed by atoms with Crippen LogP contribution in [0.4, 0.5) is 5.82 Å². The quantitative estimate of drug-likeness (QED) is 0.587. The standard InChI is InChI=1S/C22H19N3O/c1-2-6-16(7-3-1)15-26-19-10-11-21-20(12-19)22(24-23-21)25-13-17-8-4-5-9-18(17)14-25/h1-12H,13-15H2,(H,23,24). The van der Waals surface area contributed by atoms with Gasteiger partial charge in [-0.2, -0.15) is 5.10 Å². The van der Waals surface area contributed by atoms with E-state index in [2.05, 4.69) is 57.6 Å². The summed E-state index contributed by atoms with van der Waals surface area (Å²) in [6.07, 6.45) is 0. The fourth-order valence-electron chi connectivity index (χ4n) is 3.53. The fourth-order valence-corrected chi connectivity index (χ4v) is 3.53. The minimum absolute atomic E-state index is 0.564. The molecule has 2 heterocycles. The van der Waals surface area contributed by atoms with Gasteiger partial charge in [-0.25, -0.2) is 0 Å². The van der Waals surface area contributed by atoms with Crippen LogP contribution in [0.15, 0.2) is 72.8 Å². The van der Waals surface area contributed by atoms with Crippen LogP contribution in [0.3, 0.4) is 0 Å². The first-order valence-electron chi connectivity index (χ1n) is 8.83. The Labute approximate surface area is 152 Å². The molecule has 0 saturated carbocycles. The number of nitrogens with one attached hydrogen (secondary N) is 1. The molecule has 1 aliphatic rings. The minimum atomic E-state index is 0.564. The Balaban J connectivity index is 1.41. The number of aromatic nitrogens is 2. The molecular formula is C22H19N3O. The van der Waals surface area contributed by atoms with Crippen LogP contribution >= 0.6 is 0 Å². The summed E-state index contributed by atoms with van der Waals surface area (Å²) < 4.78 is 5.99. The number of nitrogens with zero attached hydrogens (tertiary/aromatic N) is 2. The van der Waals surface area contributed by atoms with Crippen LogP contribution in [-0.2, 0) is 19.7 Å². The molecule has 1 aromatic heterocycles. The number of rotatable bonds is 4. The molecule has 26 heavy (non-hydrogen) atoms. The molecule has 128 valence electrons. The third-order valence-corrected chi connectivity index (χ3v) is 4.90. The van der Waals surface area contributed by atoms with Crippen LogP contribution in [0.2, 0.25) is 0 Å². The second kappa shape index (κ2) is 6.23. The molecule has 5 rings (SSSR count). The summed E-state index contributed by atoms with van der Waals surface area (Å²) in [6.45, 7) is 2.35. The van der Waals surface area contributed by atoms with Crippen molar-refractivity contribution < 1.29 is 4.74 Å². The largest absolute Gasteiger partial charge is 0.489 e. The molecule has 0 atom stereocenters. The lowest BCUT2D eigenvalue weighted by molar-refractivity contribution is 0.306. The molecule has 0 aliphatic carbocycles. The number of hydrogen-bond donors (Lipinski definition) is 1. The molecular weight excluding hydrogens is 322 g/mol. The average molecular weight is 341 g/mol. The van der Waals surface area contributed by atoms with Gasteiger partial charge in [0.05, 0.1) is 5.52 Å². The molecule has 0 amide bonds. The van der Waals surface area contributed by atoms with Crippen molar-refractivity contribution in [2.75, 3.05) is 4.90 Å². The molecule has 4 nitrogen and oxygen atoms in total. The van der Waals surface area contributed by atoms with Crippen molar-refractivity contribution in [1.82, 2.24) is 10.2 Å². The fraction of sp³-hybridized carbons (Fsp3) is 0.136. The Hall–Kier alpha value is -3.27. The van der Waals surface area contributed by atoms with Crippen molar-refractivity contribution >= 4 is 16.7 Å². The summed E-state index contributed by atoms with van der Waals surface area (Å²) in [5.41, 5.74) is 4.94. The Morgan fingerprint density at radius 2 is 1.62 bits per heavy atom. The van der Waals surface area contributed by atoms with Gasteiger partial charge >= 0.3 is 0 Å². The second-order valence-corrected chi connectivity index (χ2v) is 6.65. The summed E-state index contributed by atoms with van der Waals surface area (Å²) in [5.74, 6) is 1.85. The third kappa shape index (κ3) is 2.69. The Morgan fingerprint density at radius 3 is 2.38 bits per heavy atom. The number of aromatic amines is 1. The van der Waals surface area contributed by atoms with Crippen molar-refractivity contribution in [2.45, 2.75) is 19.7 Å². The highest BCUT2D eigenvalue weighted by Crippen LogP contribution is 2.33. The summed E-state index contributed by atoms with van der Waals surface area (Å²) >= 11 is 0. The van der Waals surface area contributed by atoms with E-state index in [1.165, 1.54) is 11.1 Å². The first kappa shape index (κ1) is 15.0. The Kier molecular flexibility index (Phi) is 3.60. The number of fused-ring (bicyclic) bond motifs is 2. The van der Waals surface area contributed by atoms with Gasteiger partial charge in [0.25, 0.3) is 0 Å². The summed E-state index contributed by atoms with van der Waals surface area (Å²) in [5, 5.41) is 8.81. The van der Waals surface area contributed by atoms with E-state index < -0.39 is 0 Å². The maximum Gasteiger partial charge on any atom is 0.159 e. The topological polar surface area (TPSA) is 41.1 Å². The van der Waals surface area contributed by atoms with Crippen LogP contribution in [0.1, 0.15) is 16.7 Å². The maximum absolute atomic E-state index is 5.99. The maximum atomic E-state index is 5.99. The highest BCUT2D eigenvalue weighted by Gasteiger charge is 2.22. The average Bonchev–Trinajstić information content (AvgIpc) is 3.30. The predicted molar refractivity (Wildman–Crippen MR) is 103 cm³/mol. The number of benzene rings is 3. The molecule has 0 bridgehead atoms. The molecule has 0 fully saturated rings. The van der Waals surface area contributed by atoms with E-state index >= 15 is 0 Å². The molecule has 0 unspecified atom stereocenters. The van der Waals surface area contributed by atoms with Crippen LogP contribution in [-0.4, -0.2) is 10.2 Å². The summed E-state index contributed by atoms with van der Waals surface area (Å²) in [4.78, 5) is 2.31. The van der Waals surface area contributed by atoms with Crippen molar-refractivity contribution in [2.24, 2.45) is 0 Å². The van der Waals surface area contributed by atoms with Crippen molar-refractivity contribution in [3.63, 3.8) is 0 Å². The monoisotopic (exact) mass is 341 g/mol. The van der Waals surface area contributed by atoms with Gasteiger partial charge in [0.2, 0.25) is 0 Å². The van der Waals surface area contributed by atoms with E-state index in [9.17, 15) is 0 Å². The van der Waals surface area contributed by atoms with E-state index in [0.717, 1.165) is 41.1 Å². The SMILES string of the molecule is c1ccc(COc2ccc3[nH]nc(N4Cc5ccccc5C4)c3c2)cc1. The number of H-pyrrole nitrogens is 1. The van der Waals surface area contributed by atoms with E-state index in [0.29, 0.717) is 6.61 Å². The van der Waals surface area contributed by atoms with Gasteiger partial charge in [-0.1, -0.05) is 54.6 Å². The van der Waals surface area contributed by atoms with E-state index in [-0.39, 0.29) is 0 Å². The van der Waals surface area contributed by atoms with E-state index in [1.54, 1.807) is 0 Å². The Bertz CT molecular complexity index is 1030. The predicted octanol–water partition coefficient (Wildman–Crippen LogP) is 4.66. The van der Waals surface area contributed by atoms with Gasteiger partial charge in [0.15, 0.2) is 5.82 Å². The van der Waals surface area contributed by atoms with Gasteiger partial charge in [-0.05, 0) is 34.9 Å². The summed E-state index contributed by atoms with van der Waals surface area (Å²) in [7, 11) is 0. The Morgan fingerprint density at radius 1 is 0.885 bits per heavy atom. The minimum Gasteiger partial charge on any atom is -0.489 e. The molecule has 1 N–H and O–H groups in total. The zero-order chi connectivity index (χ0) is 17.3. The van der Waals surface area contributed by atoms with Gasteiger partial charge in [0.1, 0.15) is 12.4 Å². The first-order valence-corrected chi connectivity index (χ1v) is 8.83. The second-order valence-electron chi connectivity index (χ2n) is 6.65. The van der Waals surface area contributed by atoms with E-state index in [1.807, 2.05) is 30.3 Å². The molecule has 0 spiro atoms. The normalized spacial score (nSPS) is 13.2. The van der Waals surface area contributed by atoms with Gasteiger partial charge in [0, 0.05) is 18.5 Å². The third-order valence-electron chi connectivity index (χ3n) is 4.90. The zero-order valence-corrected chi connectivity index (χ0v) is 14.4. The van der Waals surface area contributed by atoms with Crippen LogP contribution in [0, 0.1) is 0 Å².